The number of hydrogen-bond donors (Lipinski definition) is 1. The second kappa shape index (κ2) is 9.02. The van der Waals surface area contributed by atoms with Gasteiger partial charge in [0.1, 0.15) is 18.5 Å². The smallest absolute Gasteiger partial charge is 0.410 e. The summed E-state index contributed by atoms with van der Waals surface area (Å²) in [7, 11) is 0. The SMILES string of the molecule is O=C(OCc1ccccc1)N1CCC2CC2(c2ccc3ncnc(Nc4cccc(Cl)c4F)c3n2)C1. The number of anilines is 2. The van der Waals surface area contributed by atoms with E-state index < -0.39 is 5.82 Å². The highest BCUT2D eigenvalue weighted by molar-refractivity contribution is 6.31. The van der Waals surface area contributed by atoms with Crippen molar-refractivity contribution in [3.05, 3.63) is 89.1 Å². The second-order valence-electron chi connectivity index (χ2n) is 9.32. The molecule has 2 aromatic heterocycles. The Bertz CT molecular complexity index is 1450. The quantitative estimate of drug-likeness (QED) is 0.367. The lowest BCUT2D eigenvalue weighted by Crippen LogP contribution is -2.43. The predicted molar refractivity (Wildman–Crippen MR) is 135 cm³/mol. The van der Waals surface area contributed by atoms with Crippen LogP contribution < -0.4 is 5.32 Å². The van der Waals surface area contributed by atoms with Crippen molar-refractivity contribution < 1.29 is 13.9 Å². The molecule has 1 aliphatic heterocycles. The van der Waals surface area contributed by atoms with E-state index >= 15 is 0 Å². The number of ether oxygens (including phenoxy) is 1. The van der Waals surface area contributed by atoms with E-state index in [-0.39, 0.29) is 28.8 Å². The van der Waals surface area contributed by atoms with E-state index in [1.807, 2.05) is 42.5 Å². The molecule has 1 N–H and O–H groups in total. The van der Waals surface area contributed by atoms with Gasteiger partial charge in [-0.15, -0.1) is 0 Å². The monoisotopic (exact) mass is 503 g/mol. The van der Waals surface area contributed by atoms with Gasteiger partial charge >= 0.3 is 6.09 Å². The molecule has 4 aromatic rings. The summed E-state index contributed by atoms with van der Waals surface area (Å²) in [5.74, 6) is 0.290. The zero-order valence-electron chi connectivity index (χ0n) is 19.3. The molecule has 2 unspecified atom stereocenters. The molecule has 2 atom stereocenters. The minimum atomic E-state index is -0.556. The maximum Gasteiger partial charge on any atom is 0.410 e. The number of hydrogen-bond acceptors (Lipinski definition) is 6. The number of nitrogens with one attached hydrogen (secondary N) is 1. The predicted octanol–water partition coefficient (Wildman–Crippen LogP) is 5.86. The van der Waals surface area contributed by atoms with Crippen molar-refractivity contribution >= 4 is 40.2 Å². The molecule has 2 fully saturated rings. The number of amides is 1. The standard InChI is InChI=1S/C27H23ClFN5O2/c28-19-7-4-8-20(23(19)29)32-25-24-21(30-16-31-25)9-10-22(33-24)27-13-18(27)11-12-34(15-27)26(35)36-14-17-5-2-1-3-6-17/h1-10,16,18H,11-15H2,(H,30,31,32). The summed E-state index contributed by atoms with van der Waals surface area (Å²) in [6, 6.07) is 18.3. The summed E-state index contributed by atoms with van der Waals surface area (Å²) in [5.41, 5.74) is 2.99. The molecule has 1 saturated heterocycles. The number of carbonyl (C=O) groups is 1. The summed E-state index contributed by atoms with van der Waals surface area (Å²) in [4.78, 5) is 28.2. The maximum absolute atomic E-state index is 14.5. The lowest BCUT2D eigenvalue weighted by Gasteiger charge is -2.32. The van der Waals surface area contributed by atoms with E-state index in [2.05, 4.69) is 15.3 Å². The van der Waals surface area contributed by atoms with Crippen LogP contribution in [0.5, 0.6) is 0 Å². The van der Waals surface area contributed by atoms with Gasteiger partial charge in [0.05, 0.1) is 16.2 Å². The van der Waals surface area contributed by atoms with Crippen LogP contribution >= 0.6 is 11.6 Å². The van der Waals surface area contributed by atoms with Gasteiger partial charge in [0.25, 0.3) is 0 Å². The van der Waals surface area contributed by atoms with Gasteiger partial charge < -0.3 is 15.0 Å². The number of likely N-dealkylation sites (tertiary alicyclic amines) is 1. The number of halogens is 2. The van der Waals surface area contributed by atoms with Crippen LogP contribution in [0.4, 0.5) is 20.7 Å². The number of pyridine rings is 1. The van der Waals surface area contributed by atoms with Crippen molar-refractivity contribution in [3.8, 4) is 0 Å². The van der Waals surface area contributed by atoms with E-state index in [1.165, 1.54) is 12.4 Å². The Morgan fingerprint density at radius 3 is 2.86 bits per heavy atom. The third-order valence-electron chi connectivity index (χ3n) is 7.11. The van der Waals surface area contributed by atoms with E-state index in [9.17, 15) is 9.18 Å². The molecule has 0 bridgehead atoms. The molecule has 6 rings (SSSR count). The normalized spacial score (nSPS) is 20.6. The molecule has 182 valence electrons. The third kappa shape index (κ3) is 4.11. The van der Waals surface area contributed by atoms with Crippen molar-refractivity contribution in [1.29, 1.82) is 0 Å². The van der Waals surface area contributed by atoms with Gasteiger partial charge in [-0.2, -0.15) is 0 Å². The van der Waals surface area contributed by atoms with Crippen LogP contribution in [0.15, 0.2) is 67.0 Å². The van der Waals surface area contributed by atoms with Crippen molar-refractivity contribution in [3.63, 3.8) is 0 Å². The number of benzene rings is 2. The van der Waals surface area contributed by atoms with Gasteiger partial charge in [-0.25, -0.2) is 24.1 Å². The van der Waals surface area contributed by atoms with Crippen LogP contribution in [0.25, 0.3) is 11.0 Å². The zero-order chi connectivity index (χ0) is 24.7. The topological polar surface area (TPSA) is 80.2 Å². The molecule has 7 nitrogen and oxygen atoms in total. The van der Waals surface area contributed by atoms with Crippen molar-refractivity contribution in [2.24, 2.45) is 5.92 Å². The molecular weight excluding hydrogens is 481 g/mol. The highest BCUT2D eigenvalue weighted by Gasteiger charge is 2.59. The average Bonchev–Trinajstić information content (AvgIpc) is 3.66. The molecule has 2 aliphatic rings. The third-order valence-corrected chi connectivity index (χ3v) is 7.40. The van der Waals surface area contributed by atoms with E-state index in [1.54, 1.807) is 17.0 Å². The average molecular weight is 504 g/mol. The highest BCUT2D eigenvalue weighted by atomic mass is 35.5. The maximum atomic E-state index is 14.5. The molecule has 1 amide bonds. The second-order valence-corrected chi connectivity index (χ2v) is 9.73. The van der Waals surface area contributed by atoms with Crippen LogP contribution in [0.1, 0.15) is 24.1 Å². The molecule has 9 heteroatoms. The first-order valence-corrected chi connectivity index (χ1v) is 12.2. The zero-order valence-corrected chi connectivity index (χ0v) is 20.1. The number of piperidine rings is 1. The number of rotatable bonds is 5. The number of nitrogens with zero attached hydrogens (tertiary/aromatic N) is 4. The number of fused-ring (bicyclic) bond motifs is 2. The molecule has 2 aromatic carbocycles. The molecule has 0 radical (unpaired) electrons. The van der Waals surface area contributed by atoms with Gasteiger partial charge in [0.2, 0.25) is 0 Å². The van der Waals surface area contributed by atoms with Crippen LogP contribution in [0.2, 0.25) is 5.02 Å². The summed E-state index contributed by atoms with van der Waals surface area (Å²) in [6.45, 7) is 1.45. The molecule has 1 saturated carbocycles. The van der Waals surface area contributed by atoms with E-state index in [4.69, 9.17) is 21.3 Å². The van der Waals surface area contributed by atoms with Gasteiger partial charge in [-0.05, 0) is 48.6 Å². The molecule has 36 heavy (non-hydrogen) atoms. The summed E-state index contributed by atoms with van der Waals surface area (Å²) < 4.78 is 20.1. The fourth-order valence-corrected chi connectivity index (χ4v) is 5.26. The van der Waals surface area contributed by atoms with Gasteiger partial charge in [0.15, 0.2) is 11.6 Å². The number of carbonyl (C=O) groups excluding carboxylic acids is 1. The first-order valence-electron chi connectivity index (χ1n) is 11.8. The van der Waals surface area contributed by atoms with Crippen molar-refractivity contribution in [2.75, 3.05) is 18.4 Å². The van der Waals surface area contributed by atoms with Crippen LogP contribution in [-0.2, 0) is 16.8 Å². The van der Waals surface area contributed by atoms with Crippen LogP contribution in [0.3, 0.4) is 0 Å². The first-order chi connectivity index (χ1) is 17.5. The van der Waals surface area contributed by atoms with Crippen molar-refractivity contribution in [2.45, 2.75) is 24.9 Å². The Morgan fingerprint density at radius 1 is 1.14 bits per heavy atom. The summed E-state index contributed by atoms with van der Waals surface area (Å²) in [6.07, 6.45) is 2.95. The Balaban J connectivity index is 1.25. The highest BCUT2D eigenvalue weighted by Crippen LogP contribution is 2.58. The molecule has 0 spiro atoms. The minimum absolute atomic E-state index is 0.0215. The minimum Gasteiger partial charge on any atom is -0.445 e. The Morgan fingerprint density at radius 2 is 2.00 bits per heavy atom. The van der Waals surface area contributed by atoms with E-state index in [0.717, 1.165) is 24.1 Å². The van der Waals surface area contributed by atoms with E-state index in [0.29, 0.717) is 35.9 Å². The first kappa shape index (κ1) is 22.7. The summed E-state index contributed by atoms with van der Waals surface area (Å²) >= 11 is 5.94. The molecule has 1 aliphatic carbocycles. The summed E-state index contributed by atoms with van der Waals surface area (Å²) in [5, 5.41) is 3.04. The largest absolute Gasteiger partial charge is 0.445 e. The fraction of sp³-hybridized carbons (Fsp3) is 0.259. The van der Waals surface area contributed by atoms with Gasteiger partial charge in [-0.3, -0.25) is 0 Å². The Labute approximate surface area is 212 Å². The molecule has 3 heterocycles. The Hall–Kier alpha value is -3.78. The van der Waals surface area contributed by atoms with Crippen LogP contribution in [0, 0.1) is 11.7 Å². The van der Waals surface area contributed by atoms with Gasteiger partial charge in [-0.1, -0.05) is 48.0 Å². The fourth-order valence-electron chi connectivity index (χ4n) is 5.08. The van der Waals surface area contributed by atoms with Gasteiger partial charge in [0, 0.05) is 24.2 Å². The van der Waals surface area contributed by atoms with Crippen LogP contribution in [-0.4, -0.2) is 39.0 Å². The van der Waals surface area contributed by atoms with Crippen molar-refractivity contribution in [1.82, 2.24) is 19.9 Å². The lowest BCUT2D eigenvalue weighted by molar-refractivity contribution is 0.0843. The molecular formula is C27H23ClFN5O2. The number of aromatic nitrogens is 3. The Kier molecular flexibility index (Phi) is 5.68. The lowest BCUT2D eigenvalue weighted by atomic mass is 9.93.